The maximum atomic E-state index is 12.5. The molecule has 1 saturated heterocycles. The van der Waals surface area contributed by atoms with Gasteiger partial charge in [-0.15, -0.1) is 0 Å². The minimum atomic E-state index is -0.180. The van der Waals surface area contributed by atoms with Gasteiger partial charge in [0.25, 0.3) is 5.91 Å². The van der Waals surface area contributed by atoms with E-state index >= 15 is 0 Å². The van der Waals surface area contributed by atoms with Crippen LogP contribution in [0.2, 0.25) is 10.0 Å². The minimum Gasteiger partial charge on any atom is -0.369 e. The lowest BCUT2D eigenvalue weighted by atomic mass is 9.80. The molecular weight excluding hydrogens is 437 g/mol. The molecule has 7 heteroatoms. The molecule has 156 valence electrons. The number of amides is 1. The first-order valence-electron chi connectivity index (χ1n) is 9.76. The van der Waals surface area contributed by atoms with Crippen molar-refractivity contribution in [2.75, 3.05) is 11.9 Å². The number of hydrogen-bond donors (Lipinski definition) is 1. The van der Waals surface area contributed by atoms with Crippen molar-refractivity contribution in [3.05, 3.63) is 62.5 Å². The van der Waals surface area contributed by atoms with Crippen LogP contribution in [-0.4, -0.2) is 23.7 Å². The molecule has 1 fully saturated rings. The zero-order valence-corrected chi connectivity index (χ0v) is 19.6. The third kappa shape index (κ3) is 4.11. The molecule has 2 aliphatic rings. The lowest BCUT2D eigenvalue weighted by Crippen LogP contribution is -2.45. The van der Waals surface area contributed by atoms with Crippen molar-refractivity contribution in [1.29, 1.82) is 0 Å². The first kappa shape index (κ1) is 21.3. The van der Waals surface area contributed by atoms with E-state index in [1.807, 2.05) is 24.3 Å². The number of nitrogens with zero attached hydrogens (tertiary/aromatic N) is 2. The second-order valence-electron chi connectivity index (χ2n) is 8.37. The van der Waals surface area contributed by atoms with Crippen LogP contribution in [0, 0.1) is 0 Å². The summed E-state index contributed by atoms with van der Waals surface area (Å²) in [6.07, 6.45) is 2.90. The van der Waals surface area contributed by atoms with E-state index < -0.39 is 0 Å². The van der Waals surface area contributed by atoms with Gasteiger partial charge in [-0.1, -0.05) is 36.2 Å². The fraction of sp³-hybridized carbons (Fsp3) is 0.304. The number of rotatable bonds is 2. The van der Waals surface area contributed by atoms with E-state index in [0.29, 0.717) is 31.7 Å². The van der Waals surface area contributed by atoms with E-state index in [1.54, 1.807) is 12.1 Å². The second-order valence-corrected chi connectivity index (χ2v) is 10.2. The maximum absolute atomic E-state index is 12.5. The molecule has 0 aromatic heterocycles. The number of aliphatic imine (C=N–C) groups is 1. The summed E-state index contributed by atoms with van der Waals surface area (Å²) in [6, 6.07) is 11.3. The van der Waals surface area contributed by atoms with Gasteiger partial charge in [0, 0.05) is 28.3 Å². The van der Waals surface area contributed by atoms with Crippen molar-refractivity contribution in [3.8, 4) is 0 Å². The fourth-order valence-corrected chi connectivity index (χ4v) is 5.23. The number of carbonyl (C=O) groups is 1. The molecule has 30 heavy (non-hydrogen) atoms. The summed E-state index contributed by atoms with van der Waals surface area (Å²) in [6.45, 7) is 6.73. The Balaban J connectivity index is 1.66. The molecule has 1 N–H and O–H groups in total. The maximum Gasteiger partial charge on any atom is 0.264 e. The van der Waals surface area contributed by atoms with Crippen LogP contribution >= 0.6 is 35.0 Å². The highest BCUT2D eigenvalue weighted by molar-refractivity contribution is 8.18. The molecule has 1 amide bonds. The van der Waals surface area contributed by atoms with Crippen molar-refractivity contribution in [2.45, 2.75) is 38.6 Å². The molecule has 0 spiro atoms. The fourth-order valence-electron chi connectivity index (χ4n) is 4.00. The van der Waals surface area contributed by atoms with E-state index in [-0.39, 0.29) is 11.4 Å². The highest BCUT2D eigenvalue weighted by Gasteiger charge is 2.34. The summed E-state index contributed by atoms with van der Waals surface area (Å²) in [5.74, 6) is 0.228. The predicted molar refractivity (Wildman–Crippen MR) is 129 cm³/mol. The van der Waals surface area contributed by atoms with Gasteiger partial charge in [0.15, 0.2) is 5.17 Å². The number of fused-ring (bicyclic) bond motifs is 1. The predicted octanol–water partition coefficient (Wildman–Crippen LogP) is 6.61. The first-order chi connectivity index (χ1) is 14.1. The molecule has 2 heterocycles. The topological polar surface area (TPSA) is 44.7 Å². The van der Waals surface area contributed by atoms with Gasteiger partial charge >= 0.3 is 0 Å². The summed E-state index contributed by atoms with van der Waals surface area (Å²) in [5.41, 5.74) is 4.01. The van der Waals surface area contributed by atoms with Gasteiger partial charge in [0.05, 0.1) is 10.6 Å². The van der Waals surface area contributed by atoms with Crippen LogP contribution in [0.15, 0.2) is 46.3 Å². The van der Waals surface area contributed by atoms with Crippen LogP contribution in [0.1, 0.15) is 44.2 Å². The van der Waals surface area contributed by atoms with E-state index in [0.717, 1.165) is 17.7 Å². The largest absolute Gasteiger partial charge is 0.369 e. The van der Waals surface area contributed by atoms with Crippen molar-refractivity contribution >= 4 is 63.5 Å². The summed E-state index contributed by atoms with van der Waals surface area (Å²) in [7, 11) is 2.11. The molecule has 0 aliphatic carbocycles. The van der Waals surface area contributed by atoms with Gasteiger partial charge in [0.1, 0.15) is 0 Å². The molecule has 4 nitrogen and oxygen atoms in total. The molecule has 2 aromatic carbocycles. The van der Waals surface area contributed by atoms with Gasteiger partial charge in [-0.3, -0.25) is 4.79 Å². The van der Waals surface area contributed by atoms with Crippen LogP contribution in [0.4, 0.5) is 11.4 Å². The standard InChI is InChI=1S/C23H23Cl2N3OS/c1-13-12-23(2,3)28(4)19-11-18(25)14(8-17(13)19)9-20-21(29)27-22(30-20)26-16-7-5-6-15(24)10-16/h5-11,13H,12H2,1-4H3,(H,26,27,29)/b20-9-/t13-/m1/s1. The van der Waals surface area contributed by atoms with Crippen molar-refractivity contribution in [1.82, 2.24) is 5.32 Å². The number of carbonyl (C=O) groups excluding carboxylic acids is 1. The Morgan fingerprint density at radius 2 is 2.03 bits per heavy atom. The van der Waals surface area contributed by atoms with E-state index in [4.69, 9.17) is 23.2 Å². The SMILES string of the molecule is C[C@@H]1CC(C)(C)N(C)c2cc(Cl)c(/C=C3\SC(=Nc4cccc(Cl)c4)NC3=O)cc21. The molecule has 2 aliphatic heterocycles. The zero-order chi connectivity index (χ0) is 21.6. The number of nitrogens with one attached hydrogen (secondary N) is 1. The first-order valence-corrected chi connectivity index (χ1v) is 11.3. The molecule has 0 bridgehead atoms. The van der Waals surface area contributed by atoms with Crippen LogP contribution in [0.25, 0.3) is 6.08 Å². The Morgan fingerprint density at radius 1 is 1.27 bits per heavy atom. The second kappa shape index (κ2) is 7.95. The highest BCUT2D eigenvalue weighted by Crippen LogP contribution is 2.45. The third-order valence-electron chi connectivity index (χ3n) is 5.73. The summed E-state index contributed by atoms with van der Waals surface area (Å²) >= 11 is 13.9. The quantitative estimate of drug-likeness (QED) is 0.513. The average molecular weight is 460 g/mol. The number of thioether (sulfide) groups is 1. The van der Waals surface area contributed by atoms with Gasteiger partial charge in [-0.2, -0.15) is 0 Å². The Labute approximate surface area is 191 Å². The third-order valence-corrected chi connectivity index (χ3v) is 7.20. The van der Waals surface area contributed by atoms with Crippen LogP contribution in [0.3, 0.4) is 0 Å². The van der Waals surface area contributed by atoms with Gasteiger partial charge in [0.2, 0.25) is 0 Å². The minimum absolute atomic E-state index is 0.0720. The Bertz CT molecular complexity index is 1090. The molecule has 4 rings (SSSR count). The van der Waals surface area contributed by atoms with Crippen LogP contribution in [0.5, 0.6) is 0 Å². The van der Waals surface area contributed by atoms with Gasteiger partial charge in [-0.05, 0) is 85.5 Å². The van der Waals surface area contributed by atoms with E-state index in [2.05, 4.69) is 49.1 Å². The molecule has 1 atom stereocenters. The molecule has 0 saturated carbocycles. The van der Waals surface area contributed by atoms with Crippen molar-refractivity contribution in [2.24, 2.45) is 4.99 Å². The molecule has 2 aromatic rings. The van der Waals surface area contributed by atoms with Crippen LogP contribution < -0.4 is 10.2 Å². The molecular formula is C23H23Cl2N3OS. The lowest BCUT2D eigenvalue weighted by Gasteiger charge is -2.45. The van der Waals surface area contributed by atoms with E-state index in [1.165, 1.54) is 17.3 Å². The summed E-state index contributed by atoms with van der Waals surface area (Å²) < 4.78 is 0. The van der Waals surface area contributed by atoms with Gasteiger partial charge < -0.3 is 10.2 Å². The smallest absolute Gasteiger partial charge is 0.264 e. The monoisotopic (exact) mass is 459 g/mol. The highest BCUT2D eigenvalue weighted by atomic mass is 35.5. The number of anilines is 1. The zero-order valence-electron chi connectivity index (χ0n) is 17.3. The van der Waals surface area contributed by atoms with Crippen molar-refractivity contribution in [3.63, 3.8) is 0 Å². The summed E-state index contributed by atoms with van der Waals surface area (Å²) in [4.78, 5) is 19.8. The Hall–Kier alpha value is -1.95. The summed E-state index contributed by atoms with van der Waals surface area (Å²) in [5, 5.41) is 4.57. The molecule has 0 unspecified atom stereocenters. The number of benzene rings is 2. The number of halogens is 2. The van der Waals surface area contributed by atoms with E-state index in [9.17, 15) is 4.79 Å². The van der Waals surface area contributed by atoms with Crippen molar-refractivity contribution < 1.29 is 4.79 Å². The normalized spacial score (nSPS) is 23.1. The van der Waals surface area contributed by atoms with Gasteiger partial charge in [-0.25, -0.2) is 4.99 Å². The molecule has 0 radical (unpaired) electrons. The number of amidine groups is 1. The lowest BCUT2D eigenvalue weighted by molar-refractivity contribution is -0.115. The Kier molecular flexibility index (Phi) is 5.64. The Morgan fingerprint density at radius 3 is 2.77 bits per heavy atom. The number of hydrogen-bond acceptors (Lipinski definition) is 4. The average Bonchev–Trinajstić information content (AvgIpc) is 2.99. The van der Waals surface area contributed by atoms with Crippen LogP contribution in [-0.2, 0) is 4.79 Å².